The molecule has 0 atom stereocenters. The van der Waals surface area contributed by atoms with Crippen LogP contribution in [0.15, 0.2) is 58.8 Å². The number of rotatable bonds is 7. The molecule has 0 saturated heterocycles. The fourth-order valence-electron chi connectivity index (χ4n) is 2.43. The van der Waals surface area contributed by atoms with Crippen LogP contribution in [0.2, 0.25) is 5.02 Å². The van der Waals surface area contributed by atoms with Crippen LogP contribution in [0.3, 0.4) is 0 Å². The van der Waals surface area contributed by atoms with E-state index in [0.717, 1.165) is 34.0 Å². The number of carbonyl (C=O) groups is 1. The molecule has 0 aliphatic heterocycles. The van der Waals surface area contributed by atoms with E-state index >= 15 is 0 Å². The SMILES string of the molecule is CC(=N/C=C(\C)SC(C)(C)C(=O)O)c1cccnc1.CCc1ccc(Cl)c(CC)c1. The molecule has 2 aromatic rings. The van der Waals surface area contributed by atoms with Crippen LogP contribution in [0.25, 0.3) is 0 Å². The van der Waals surface area contributed by atoms with Gasteiger partial charge >= 0.3 is 5.97 Å². The zero-order valence-corrected chi connectivity index (χ0v) is 20.1. The second-order valence-electron chi connectivity index (χ2n) is 7.25. The van der Waals surface area contributed by atoms with E-state index in [1.54, 1.807) is 32.4 Å². The third kappa shape index (κ3) is 8.72. The highest BCUT2D eigenvalue weighted by Crippen LogP contribution is 2.31. The number of carboxylic acids is 1. The number of hydrogen-bond acceptors (Lipinski definition) is 4. The monoisotopic (exact) mass is 446 g/mol. The molecule has 0 saturated carbocycles. The van der Waals surface area contributed by atoms with Gasteiger partial charge in [0.1, 0.15) is 4.75 Å². The first kappa shape index (κ1) is 25.9. The average molecular weight is 447 g/mol. The molecule has 0 radical (unpaired) electrons. The van der Waals surface area contributed by atoms with Gasteiger partial charge in [-0.1, -0.05) is 43.6 Å². The average Bonchev–Trinajstić information content (AvgIpc) is 2.73. The second-order valence-corrected chi connectivity index (χ2v) is 9.52. The summed E-state index contributed by atoms with van der Waals surface area (Å²) in [5.41, 5.74) is 4.42. The molecule has 0 aliphatic carbocycles. The summed E-state index contributed by atoms with van der Waals surface area (Å²) in [7, 11) is 0. The molecule has 1 heterocycles. The molecule has 1 aromatic carbocycles. The first-order valence-corrected chi connectivity index (χ1v) is 11.1. The van der Waals surface area contributed by atoms with Crippen LogP contribution in [-0.4, -0.2) is 26.5 Å². The van der Waals surface area contributed by atoms with Crippen LogP contribution < -0.4 is 0 Å². The molecule has 2 rings (SSSR count). The van der Waals surface area contributed by atoms with Gasteiger partial charge in [0.2, 0.25) is 0 Å². The number of carboxylic acid groups (broad SMARTS) is 1. The number of allylic oxidation sites excluding steroid dienone is 1. The summed E-state index contributed by atoms with van der Waals surface area (Å²) in [5.74, 6) is -0.835. The standard InChI is InChI=1S/C14H18N2O2S.C10H13Cl/c1-10(19-14(3,4)13(17)18)8-16-11(2)12-6-5-7-15-9-12;1-3-8-5-6-10(11)9(4-2)7-8/h5-9H,1-4H3,(H,17,18);5-7H,3-4H2,1-2H3/b10-8+,16-11?;. The van der Waals surface area contributed by atoms with E-state index in [2.05, 4.69) is 36.0 Å². The molecule has 0 amide bonds. The summed E-state index contributed by atoms with van der Waals surface area (Å²) in [5, 5.41) is 9.95. The Bertz CT molecular complexity index is 893. The number of hydrogen-bond donors (Lipinski definition) is 1. The van der Waals surface area contributed by atoms with E-state index < -0.39 is 10.7 Å². The van der Waals surface area contributed by atoms with Crippen LogP contribution in [0.4, 0.5) is 0 Å². The normalized spacial score (nSPS) is 12.2. The minimum Gasteiger partial charge on any atom is -0.480 e. The van der Waals surface area contributed by atoms with Gasteiger partial charge in [-0.15, -0.1) is 11.8 Å². The van der Waals surface area contributed by atoms with Crippen molar-refractivity contribution in [3.05, 3.63) is 75.5 Å². The van der Waals surface area contributed by atoms with Crippen LogP contribution in [0.1, 0.15) is 58.2 Å². The molecule has 0 bridgehead atoms. The molecule has 0 spiro atoms. The number of nitrogens with zero attached hydrogens (tertiary/aromatic N) is 2. The largest absolute Gasteiger partial charge is 0.480 e. The molecule has 30 heavy (non-hydrogen) atoms. The van der Waals surface area contributed by atoms with Gasteiger partial charge in [0.15, 0.2) is 0 Å². The second kappa shape index (κ2) is 12.6. The molecule has 0 aliphatic rings. The number of benzene rings is 1. The molecule has 1 aromatic heterocycles. The number of aliphatic carboxylic acids is 1. The minimum absolute atomic E-state index is 0.835. The molecular weight excluding hydrogens is 416 g/mol. The van der Waals surface area contributed by atoms with E-state index in [-0.39, 0.29) is 0 Å². The van der Waals surface area contributed by atoms with E-state index in [9.17, 15) is 4.79 Å². The van der Waals surface area contributed by atoms with Crippen molar-refractivity contribution in [2.45, 2.75) is 59.1 Å². The number of pyridine rings is 1. The number of thioether (sulfide) groups is 1. The lowest BCUT2D eigenvalue weighted by Gasteiger charge is -2.18. The predicted octanol–water partition coefficient (Wildman–Crippen LogP) is 6.81. The Balaban J connectivity index is 0.000000346. The molecule has 1 N–H and O–H groups in total. The van der Waals surface area contributed by atoms with Crippen LogP contribution in [0, 0.1) is 0 Å². The Morgan fingerprint density at radius 1 is 1.23 bits per heavy atom. The molecule has 0 fully saturated rings. The summed E-state index contributed by atoms with van der Waals surface area (Å²) in [6.07, 6.45) is 7.26. The Morgan fingerprint density at radius 2 is 1.93 bits per heavy atom. The van der Waals surface area contributed by atoms with Crippen LogP contribution >= 0.6 is 23.4 Å². The van der Waals surface area contributed by atoms with Gasteiger partial charge in [0.25, 0.3) is 0 Å². The Labute approximate surface area is 189 Å². The summed E-state index contributed by atoms with van der Waals surface area (Å²) in [6.45, 7) is 11.4. The zero-order chi connectivity index (χ0) is 22.7. The molecule has 6 heteroatoms. The first-order chi connectivity index (χ1) is 14.1. The van der Waals surface area contributed by atoms with Gasteiger partial charge in [-0.05, 0) is 63.8 Å². The molecule has 162 valence electrons. The fraction of sp³-hybridized carbons (Fsp3) is 0.375. The van der Waals surface area contributed by atoms with Gasteiger partial charge < -0.3 is 5.11 Å². The first-order valence-electron chi connectivity index (χ1n) is 9.92. The number of aromatic nitrogens is 1. The predicted molar refractivity (Wildman–Crippen MR) is 130 cm³/mol. The van der Waals surface area contributed by atoms with E-state index in [0.29, 0.717) is 0 Å². The maximum absolute atomic E-state index is 11.0. The van der Waals surface area contributed by atoms with E-state index in [1.165, 1.54) is 22.9 Å². The fourth-order valence-corrected chi connectivity index (χ4v) is 3.68. The number of aryl methyl sites for hydroxylation is 2. The zero-order valence-electron chi connectivity index (χ0n) is 18.6. The highest BCUT2D eigenvalue weighted by Gasteiger charge is 2.28. The Kier molecular flexibility index (Phi) is 10.8. The maximum Gasteiger partial charge on any atom is 0.319 e. The van der Waals surface area contributed by atoms with Gasteiger partial charge in [-0.3, -0.25) is 14.8 Å². The van der Waals surface area contributed by atoms with Crippen molar-refractivity contribution in [1.82, 2.24) is 4.98 Å². The van der Waals surface area contributed by atoms with Crippen molar-refractivity contribution in [3.63, 3.8) is 0 Å². The molecular formula is C24H31ClN2O2S. The highest BCUT2D eigenvalue weighted by molar-refractivity contribution is 8.05. The number of halogens is 1. The van der Waals surface area contributed by atoms with Crippen molar-refractivity contribution >= 4 is 35.0 Å². The topological polar surface area (TPSA) is 62.5 Å². The lowest BCUT2D eigenvalue weighted by molar-refractivity contribution is -0.138. The van der Waals surface area contributed by atoms with Crippen molar-refractivity contribution in [2.75, 3.05) is 0 Å². The quantitative estimate of drug-likeness (QED) is 0.474. The van der Waals surface area contributed by atoms with Crippen molar-refractivity contribution < 1.29 is 9.90 Å². The number of aliphatic imine (C=N–C) groups is 1. The lowest BCUT2D eigenvalue weighted by atomic mass is 10.1. The summed E-state index contributed by atoms with van der Waals surface area (Å²) in [6, 6.07) is 10.0. The smallest absolute Gasteiger partial charge is 0.319 e. The van der Waals surface area contributed by atoms with Gasteiger partial charge in [-0.25, -0.2) is 0 Å². The van der Waals surface area contributed by atoms with Crippen molar-refractivity contribution in [3.8, 4) is 0 Å². The molecule has 4 nitrogen and oxygen atoms in total. The third-order valence-electron chi connectivity index (χ3n) is 4.35. The summed E-state index contributed by atoms with van der Waals surface area (Å²) in [4.78, 5) is 20.3. The Hall–Kier alpha value is -2.11. The van der Waals surface area contributed by atoms with Gasteiger partial charge in [-0.2, -0.15) is 0 Å². The maximum atomic E-state index is 11.0. The summed E-state index contributed by atoms with van der Waals surface area (Å²) < 4.78 is -0.849. The summed E-state index contributed by atoms with van der Waals surface area (Å²) >= 11 is 7.24. The van der Waals surface area contributed by atoms with Gasteiger partial charge in [0, 0.05) is 39.8 Å². The van der Waals surface area contributed by atoms with Gasteiger partial charge in [0.05, 0.1) is 0 Å². The van der Waals surface area contributed by atoms with E-state index in [1.807, 2.05) is 32.0 Å². The van der Waals surface area contributed by atoms with Crippen LogP contribution in [0.5, 0.6) is 0 Å². The highest BCUT2D eigenvalue weighted by atomic mass is 35.5. The van der Waals surface area contributed by atoms with Crippen molar-refractivity contribution in [2.24, 2.45) is 4.99 Å². The van der Waals surface area contributed by atoms with Crippen LogP contribution in [-0.2, 0) is 17.6 Å². The molecule has 0 unspecified atom stereocenters. The Morgan fingerprint density at radius 3 is 2.47 bits per heavy atom. The third-order valence-corrected chi connectivity index (χ3v) is 5.83. The van der Waals surface area contributed by atoms with E-state index in [4.69, 9.17) is 16.7 Å². The lowest BCUT2D eigenvalue weighted by Crippen LogP contribution is -2.26. The van der Waals surface area contributed by atoms with Crippen molar-refractivity contribution in [1.29, 1.82) is 0 Å². The minimum atomic E-state index is -0.849.